The first-order chi connectivity index (χ1) is 13.3. The SMILES string of the molecule is Cc1ccc(Nc2nc(CN[C@H](c3ccccc3)c3ccco3)cs2)cc1. The minimum absolute atomic E-state index is 0.00333. The summed E-state index contributed by atoms with van der Waals surface area (Å²) in [5.74, 6) is 0.898. The Morgan fingerprint density at radius 3 is 2.56 bits per heavy atom. The van der Waals surface area contributed by atoms with Gasteiger partial charge in [-0.1, -0.05) is 48.0 Å². The molecule has 0 amide bonds. The number of furan rings is 1. The van der Waals surface area contributed by atoms with Crippen molar-refractivity contribution in [3.05, 3.63) is 101 Å². The number of thiazole rings is 1. The van der Waals surface area contributed by atoms with Gasteiger partial charge < -0.3 is 9.73 Å². The van der Waals surface area contributed by atoms with Crippen LogP contribution >= 0.6 is 11.3 Å². The predicted octanol–water partition coefficient (Wildman–Crippen LogP) is 5.67. The molecule has 0 bridgehead atoms. The van der Waals surface area contributed by atoms with Crippen molar-refractivity contribution in [3.8, 4) is 0 Å². The number of hydrogen-bond donors (Lipinski definition) is 2. The molecule has 0 radical (unpaired) electrons. The van der Waals surface area contributed by atoms with Gasteiger partial charge in [0.2, 0.25) is 0 Å². The number of rotatable bonds is 7. The third-order valence-corrected chi connectivity index (χ3v) is 5.11. The third kappa shape index (κ3) is 4.45. The molecule has 0 saturated carbocycles. The lowest BCUT2D eigenvalue weighted by Gasteiger charge is -2.16. The summed E-state index contributed by atoms with van der Waals surface area (Å²) in [6.45, 7) is 2.74. The maximum absolute atomic E-state index is 5.64. The molecule has 0 aliphatic heterocycles. The quantitative estimate of drug-likeness (QED) is 0.437. The molecule has 4 nitrogen and oxygen atoms in total. The monoisotopic (exact) mass is 375 g/mol. The summed E-state index contributed by atoms with van der Waals surface area (Å²) in [5, 5.41) is 9.89. The molecule has 0 unspecified atom stereocenters. The molecule has 4 aromatic rings. The fourth-order valence-corrected chi connectivity index (χ4v) is 3.63. The highest BCUT2D eigenvalue weighted by molar-refractivity contribution is 7.13. The van der Waals surface area contributed by atoms with Crippen LogP contribution in [0.3, 0.4) is 0 Å². The van der Waals surface area contributed by atoms with Gasteiger partial charge in [-0.3, -0.25) is 5.32 Å². The molecule has 0 aliphatic carbocycles. The van der Waals surface area contributed by atoms with E-state index >= 15 is 0 Å². The Morgan fingerprint density at radius 2 is 1.81 bits per heavy atom. The van der Waals surface area contributed by atoms with Crippen LogP contribution < -0.4 is 10.6 Å². The van der Waals surface area contributed by atoms with E-state index in [-0.39, 0.29) is 6.04 Å². The van der Waals surface area contributed by atoms with Crippen molar-refractivity contribution in [2.45, 2.75) is 19.5 Å². The van der Waals surface area contributed by atoms with E-state index in [0.717, 1.165) is 22.3 Å². The van der Waals surface area contributed by atoms with Crippen molar-refractivity contribution in [2.75, 3.05) is 5.32 Å². The Hall–Kier alpha value is -2.89. The molecule has 2 heterocycles. The van der Waals surface area contributed by atoms with E-state index < -0.39 is 0 Å². The summed E-state index contributed by atoms with van der Waals surface area (Å²) in [6, 6.07) is 22.5. The number of benzene rings is 2. The summed E-state index contributed by atoms with van der Waals surface area (Å²) in [4.78, 5) is 4.69. The molecule has 5 heteroatoms. The minimum Gasteiger partial charge on any atom is -0.467 e. The lowest BCUT2D eigenvalue weighted by Crippen LogP contribution is -2.21. The molecule has 2 aromatic carbocycles. The molecular formula is C22H21N3OS. The van der Waals surface area contributed by atoms with Crippen molar-refractivity contribution in [1.29, 1.82) is 0 Å². The van der Waals surface area contributed by atoms with Gasteiger partial charge in [-0.15, -0.1) is 11.3 Å². The Labute approximate surface area is 162 Å². The van der Waals surface area contributed by atoms with Crippen molar-refractivity contribution < 1.29 is 4.42 Å². The van der Waals surface area contributed by atoms with Gasteiger partial charge in [0.15, 0.2) is 5.13 Å². The van der Waals surface area contributed by atoms with Crippen LogP contribution in [0, 0.1) is 6.92 Å². The molecule has 0 spiro atoms. The van der Waals surface area contributed by atoms with Crippen LogP contribution in [0.1, 0.15) is 28.6 Å². The minimum atomic E-state index is -0.00333. The van der Waals surface area contributed by atoms with Gasteiger partial charge in [-0.25, -0.2) is 4.98 Å². The normalized spacial score (nSPS) is 12.0. The van der Waals surface area contributed by atoms with Crippen molar-refractivity contribution in [1.82, 2.24) is 10.3 Å². The number of hydrogen-bond acceptors (Lipinski definition) is 5. The fourth-order valence-electron chi connectivity index (χ4n) is 2.90. The van der Waals surface area contributed by atoms with Crippen LogP contribution in [0.5, 0.6) is 0 Å². The maximum atomic E-state index is 5.64. The summed E-state index contributed by atoms with van der Waals surface area (Å²) in [6.07, 6.45) is 1.71. The molecule has 2 aromatic heterocycles. The first kappa shape index (κ1) is 17.5. The second-order valence-electron chi connectivity index (χ2n) is 6.38. The molecule has 27 heavy (non-hydrogen) atoms. The van der Waals surface area contributed by atoms with Crippen LogP contribution in [0.25, 0.3) is 0 Å². The van der Waals surface area contributed by atoms with Crippen LogP contribution in [-0.4, -0.2) is 4.98 Å². The van der Waals surface area contributed by atoms with Gasteiger partial charge >= 0.3 is 0 Å². The van der Waals surface area contributed by atoms with Crippen LogP contribution in [0.2, 0.25) is 0 Å². The van der Waals surface area contributed by atoms with E-state index in [2.05, 4.69) is 64.3 Å². The lowest BCUT2D eigenvalue weighted by molar-refractivity contribution is 0.444. The third-order valence-electron chi connectivity index (χ3n) is 4.30. The topological polar surface area (TPSA) is 50.1 Å². The average molecular weight is 375 g/mol. The van der Waals surface area contributed by atoms with Crippen molar-refractivity contribution >= 4 is 22.2 Å². The fraction of sp³-hybridized carbons (Fsp3) is 0.136. The molecule has 0 fully saturated rings. The molecule has 0 aliphatic rings. The smallest absolute Gasteiger partial charge is 0.187 e. The summed E-state index contributed by atoms with van der Waals surface area (Å²) in [5.41, 5.74) is 4.46. The van der Waals surface area contributed by atoms with E-state index in [4.69, 9.17) is 4.42 Å². The molecule has 0 saturated heterocycles. The molecule has 136 valence electrons. The number of aryl methyl sites for hydroxylation is 1. The van der Waals surface area contributed by atoms with Gasteiger partial charge in [-0.2, -0.15) is 0 Å². The number of aromatic nitrogens is 1. The van der Waals surface area contributed by atoms with E-state index in [0.29, 0.717) is 6.54 Å². The van der Waals surface area contributed by atoms with Crippen molar-refractivity contribution in [3.63, 3.8) is 0 Å². The zero-order valence-corrected chi connectivity index (χ0v) is 15.9. The van der Waals surface area contributed by atoms with Crippen LogP contribution in [0.15, 0.2) is 82.8 Å². The lowest BCUT2D eigenvalue weighted by atomic mass is 10.0. The molecular weight excluding hydrogens is 354 g/mol. The zero-order chi connectivity index (χ0) is 18.5. The second-order valence-corrected chi connectivity index (χ2v) is 7.23. The summed E-state index contributed by atoms with van der Waals surface area (Å²) in [7, 11) is 0. The number of nitrogens with zero attached hydrogens (tertiary/aromatic N) is 1. The van der Waals surface area contributed by atoms with Gasteiger partial charge in [0.1, 0.15) is 5.76 Å². The summed E-state index contributed by atoms with van der Waals surface area (Å²) < 4.78 is 5.64. The number of anilines is 2. The Bertz CT molecular complexity index is 962. The van der Waals surface area contributed by atoms with E-state index in [1.54, 1.807) is 17.6 Å². The standard InChI is InChI=1S/C22H21N3OS/c1-16-9-11-18(12-10-16)24-22-25-19(15-27-22)14-23-21(20-8-5-13-26-20)17-6-3-2-4-7-17/h2-13,15,21,23H,14H2,1H3,(H,24,25)/t21-/m1/s1. The van der Waals surface area contributed by atoms with Gasteiger partial charge in [0, 0.05) is 17.6 Å². The van der Waals surface area contributed by atoms with Crippen LogP contribution in [-0.2, 0) is 6.54 Å². The predicted molar refractivity (Wildman–Crippen MR) is 110 cm³/mol. The number of nitrogens with one attached hydrogen (secondary N) is 2. The van der Waals surface area contributed by atoms with E-state index in [9.17, 15) is 0 Å². The Balaban J connectivity index is 1.44. The highest BCUT2D eigenvalue weighted by atomic mass is 32.1. The van der Waals surface area contributed by atoms with Gasteiger partial charge in [0.05, 0.1) is 18.0 Å². The first-order valence-electron chi connectivity index (χ1n) is 8.88. The highest BCUT2D eigenvalue weighted by Crippen LogP contribution is 2.25. The Kier molecular flexibility index (Phi) is 5.32. The molecule has 2 N–H and O–H groups in total. The summed E-state index contributed by atoms with van der Waals surface area (Å²) >= 11 is 1.61. The molecule has 1 atom stereocenters. The maximum Gasteiger partial charge on any atom is 0.187 e. The Morgan fingerprint density at radius 1 is 1.00 bits per heavy atom. The van der Waals surface area contributed by atoms with E-state index in [1.165, 1.54) is 11.1 Å². The highest BCUT2D eigenvalue weighted by Gasteiger charge is 2.16. The average Bonchev–Trinajstić information content (AvgIpc) is 3.37. The first-order valence-corrected chi connectivity index (χ1v) is 9.76. The molecule has 4 rings (SSSR count). The largest absolute Gasteiger partial charge is 0.467 e. The van der Waals surface area contributed by atoms with E-state index in [1.807, 2.05) is 30.3 Å². The van der Waals surface area contributed by atoms with Gasteiger partial charge in [-0.05, 0) is 36.8 Å². The second kappa shape index (κ2) is 8.20. The zero-order valence-electron chi connectivity index (χ0n) is 15.1. The van der Waals surface area contributed by atoms with Crippen LogP contribution in [0.4, 0.5) is 10.8 Å². The van der Waals surface area contributed by atoms with Crippen molar-refractivity contribution in [2.24, 2.45) is 0 Å². The van der Waals surface area contributed by atoms with Gasteiger partial charge in [0.25, 0.3) is 0 Å².